The Morgan fingerprint density at radius 2 is 1.72 bits per heavy atom. The van der Waals surface area contributed by atoms with Crippen molar-refractivity contribution >= 4 is 23.8 Å². The lowest BCUT2D eigenvalue weighted by Crippen LogP contribution is -2.40. The van der Waals surface area contributed by atoms with Gasteiger partial charge in [0.25, 0.3) is 0 Å². The summed E-state index contributed by atoms with van der Waals surface area (Å²) in [4.78, 5) is 38.1. The summed E-state index contributed by atoms with van der Waals surface area (Å²) in [6, 6.07) is 9.11. The molecule has 2 aromatic rings. The minimum atomic E-state index is -1.26. The number of ketones is 1. The summed E-state index contributed by atoms with van der Waals surface area (Å²) >= 11 is 0. The summed E-state index contributed by atoms with van der Waals surface area (Å²) in [6.45, 7) is 10.3. The van der Waals surface area contributed by atoms with E-state index in [0.717, 1.165) is 5.57 Å². The molecule has 2 heterocycles. The Kier molecular flexibility index (Phi) is 6.76. The van der Waals surface area contributed by atoms with Gasteiger partial charge in [-0.05, 0) is 51.8 Å². The SMILES string of the molecule is CC(=O)Oc1c2c(c(CC=C(C)C)c3c1C(=O)[C@H](OC(C)=O)[C@@H](c1ccccc1)O3)OC(C)(C)C=C2. The van der Waals surface area contributed by atoms with Crippen molar-refractivity contribution in [2.45, 2.75) is 65.8 Å². The number of carbonyl (C=O) groups is 3. The van der Waals surface area contributed by atoms with E-state index >= 15 is 0 Å². The lowest BCUT2D eigenvalue weighted by molar-refractivity contribution is -0.149. The van der Waals surface area contributed by atoms with E-state index in [-0.39, 0.29) is 17.1 Å². The first kappa shape index (κ1) is 25.2. The second-order valence-electron chi connectivity index (χ2n) is 9.72. The standard InChI is InChI=1S/C29H30O7/c1-16(2)12-13-20-25-21(14-15-29(5,6)36-25)26(33-17(3)30)22-23(32)28(34-18(4)31)24(35-27(20)22)19-10-8-7-9-11-19/h7-12,14-15,24,28H,13H2,1-6H3/t24-,28+/m1/s1. The van der Waals surface area contributed by atoms with Gasteiger partial charge in [0.1, 0.15) is 22.7 Å². The normalized spacial score (nSPS) is 19.2. The lowest BCUT2D eigenvalue weighted by Gasteiger charge is -2.37. The number of rotatable bonds is 5. The molecule has 7 heteroatoms. The van der Waals surface area contributed by atoms with E-state index in [9.17, 15) is 14.4 Å². The molecule has 0 N–H and O–H groups in total. The second kappa shape index (κ2) is 9.64. The number of carbonyl (C=O) groups excluding carboxylic acids is 3. The van der Waals surface area contributed by atoms with Gasteiger partial charge >= 0.3 is 11.9 Å². The molecule has 2 aliphatic heterocycles. The highest BCUT2D eigenvalue weighted by Crippen LogP contribution is 2.52. The van der Waals surface area contributed by atoms with E-state index < -0.39 is 35.5 Å². The molecule has 2 aliphatic rings. The van der Waals surface area contributed by atoms with Crippen LogP contribution < -0.4 is 14.2 Å². The number of fused-ring (bicyclic) bond motifs is 2. The van der Waals surface area contributed by atoms with Crippen LogP contribution in [0.15, 0.2) is 48.1 Å². The van der Waals surface area contributed by atoms with Gasteiger partial charge in [0.05, 0.1) is 5.56 Å². The molecule has 4 rings (SSSR count). The zero-order chi connectivity index (χ0) is 26.2. The molecular weight excluding hydrogens is 460 g/mol. The van der Waals surface area contributed by atoms with E-state index in [0.29, 0.717) is 28.9 Å². The number of esters is 2. The predicted octanol–water partition coefficient (Wildman–Crippen LogP) is 5.55. The second-order valence-corrected chi connectivity index (χ2v) is 9.72. The van der Waals surface area contributed by atoms with Gasteiger partial charge in [-0.3, -0.25) is 14.4 Å². The van der Waals surface area contributed by atoms with E-state index in [1.165, 1.54) is 13.8 Å². The van der Waals surface area contributed by atoms with Crippen molar-refractivity contribution < 1.29 is 33.3 Å². The average molecular weight is 491 g/mol. The van der Waals surface area contributed by atoms with Crippen molar-refractivity contribution in [1.82, 2.24) is 0 Å². The summed E-state index contributed by atoms with van der Waals surface area (Å²) in [6.07, 6.45) is 3.91. The number of hydrogen-bond acceptors (Lipinski definition) is 7. The summed E-state index contributed by atoms with van der Waals surface area (Å²) in [5, 5.41) is 0. The molecule has 0 amide bonds. The van der Waals surface area contributed by atoms with Gasteiger partial charge in [0.15, 0.2) is 11.9 Å². The fourth-order valence-electron chi connectivity index (χ4n) is 4.35. The predicted molar refractivity (Wildman–Crippen MR) is 134 cm³/mol. The van der Waals surface area contributed by atoms with Crippen LogP contribution >= 0.6 is 0 Å². The zero-order valence-corrected chi connectivity index (χ0v) is 21.3. The van der Waals surface area contributed by atoms with Crippen molar-refractivity contribution in [1.29, 1.82) is 0 Å². The summed E-state index contributed by atoms with van der Waals surface area (Å²) in [5.41, 5.74) is 2.30. The Hall–Kier alpha value is -3.87. The monoisotopic (exact) mass is 490 g/mol. The fourth-order valence-corrected chi connectivity index (χ4v) is 4.35. The van der Waals surface area contributed by atoms with Crippen LogP contribution in [-0.2, 0) is 20.7 Å². The van der Waals surface area contributed by atoms with Crippen LogP contribution in [0, 0.1) is 0 Å². The van der Waals surface area contributed by atoms with Gasteiger partial charge < -0.3 is 18.9 Å². The van der Waals surface area contributed by atoms with Crippen molar-refractivity contribution in [3.8, 4) is 17.2 Å². The van der Waals surface area contributed by atoms with Gasteiger partial charge in [0.2, 0.25) is 11.9 Å². The Balaban J connectivity index is 2.04. The van der Waals surface area contributed by atoms with Crippen LogP contribution in [0.25, 0.3) is 6.08 Å². The highest BCUT2D eigenvalue weighted by Gasteiger charge is 2.46. The van der Waals surface area contributed by atoms with E-state index in [1.807, 2.05) is 70.2 Å². The van der Waals surface area contributed by atoms with Crippen molar-refractivity contribution in [3.63, 3.8) is 0 Å². The van der Waals surface area contributed by atoms with Gasteiger partial charge in [-0.15, -0.1) is 0 Å². The first-order valence-electron chi connectivity index (χ1n) is 11.8. The quantitative estimate of drug-likeness (QED) is 0.308. The molecule has 0 saturated carbocycles. The number of benzene rings is 2. The largest absolute Gasteiger partial charge is 0.483 e. The first-order chi connectivity index (χ1) is 17.0. The maximum Gasteiger partial charge on any atom is 0.308 e. The number of hydrogen-bond donors (Lipinski definition) is 0. The van der Waals surface area contributed by atoms with Crippen molar-refractivity contribution in [2.75, 3.05) is 0 Å². The molecule has 0 aliphatic carbocycles. The fraction of sp³-hybridized carbons (Fsp3) is 0.345. The van der Waals surface area contributed by atoms with Crippen LogP contribution in [0.4, 0.5) is 0 Å². The van der Waals surface area contributed by atoms with E-state index in [1.54, 1.807) is 6.08 Å². The molecule has 0 spiro atoms. The average Bonchev–Trinajstić information content (AvgIpc) is 2.79. The van der Waals surface area contributed by atoms with Gasteiger partial charge in [-0.1, -0.05) is 42.0 Å². The molecule has 2 aromatic carbocycles. The molecule has 36 heavy (non-hydrogen) atoms. The molecule has 0 bridgehead atoms. The van der Waals surface area contributed by atoms with Crippen molar-refractivity contribution in [3.05, 3.63) is 70.3 Å². The molecular formula is C29H30O7. The van der Waals surface area contributed by atoms with Crippen LogP contribution in [0.3, 0.4) is 0 Å². The number of Topliss-reactive ketones (excluding diaryl/α,β-unsaturated/α-hetero) is 1. The molecule has 2 atom stereocenters. The molecule has 0 saturated heterocycles. The lowest BCUT2D eigenvalue weighted by atomic mass is 9.86. The number of allylic oxidation sites excluding steroid dienone is 2. The van der Waals surface area contributed by atoms with Crippen molar-refractivity contribution in [2.24, 2.45) is 0 Å². The molecule has 0 aromatic heterocycles. The Morgan fingerprint density at radius 3 is 2.33 bits per heavy atom. The van der Waals surface area contributed by atoms with Crippen LogP contribution in [0.5, 0.6) is 17.2 Å². The maximum absolute atomic E-state index is 14.0. The van der Waals surface area contributed by atoms with E-state index in [4.69, 9.17) is 18.9 Å². The van der Waals surface area contributed by atoms with Gasteiger partial charge in [-0.2, -0.15) is 0 Å². The summed E-state index contributed by atoms with van der Waals surface area (Å²) in [5.74, 6) is -0.943. The molecule has 7 nitrogen and oxygen atoms in total. The van der Waals surface area contributed by atoms with Gasteiger partial charge in [-0.25, -0.2) is 0 Å². The third-order valence-corrected chi connectivity index (χ3v) is 5.91. The Labute approximate surface area is 210 Å². The smallest absolute Gasteiger partial charge is 0.308 e. The highest BCUT2D eigenvalue weighted by molar-refractivity contribution is 6.09. The molecule has 188 valence electrons. The minimum Gasteiger partial charge on any atom is -0.483 e. The topological polar surface area (TPSA) is 88.1 Å². The maximum atomic E-state index is 14.0. The summed E-state index contributed by atoms with van der Waals surface area (Å²) in [7, 11) is 0. The Morgan fingerprint density at radius 1 is 1.03 bits per heavy atom. The highest BCUT2D eigenvalue weighted by atomic mass is 16.6. The third-order valence-electron chi connectivity index (χ3n) is 5.91. The van der Waals surface area contributed by atoms with E-state index in [2.05, 4.69) is 0 Å². The Bertz CT molecular complexity index is 1280. The molecule has 0 radical (unpaired) electrons. The van der Waals surface area contributed by atoms with Crippen LogP contribution in [-0.4, -0.2) is 29.4 Å². The number of ether oxygens (including phenoxy) is 4. The molecule has 0 unspecified atom stereocenters. The summed E-state index contributed by atoms with van der Waals surface area (Å²) < 4.78 is 23.9. The van der Waals surface area contributed by atoms with Crippen LogP contribution in [0.2, 0.25) is 0 Å². The third kappa shape index (κ3) is 4.91. The van der Waals surface area contributed by atoms with Gasteiger partial charge in [0, 0.05) is 19.4 Å². The zero-order valence-electron chi connectivity index (χ0n) is 21.3. The first-order valence-corrected chi connectivity index (χ1v) is 11.8. The minimum absolute atomic E-state index is 0.0360. The molecule has 0 fully saturated rings. The van der Waals surface area contributed by atoms with Crippen LogP contribution in [0.1, 0.15) is 74.7 Å².